The average Bonchev–Trinajstić information content (AvgIpc) is 2.86. The number of ether oxygens (including phenoxy) is 1. The summed E-state index contributed by atoms with van der Waals surface area (Å²) < 4.78 is 5.86. The number of carbonyl (C=O) groups is 1. The van der Waals surface area contributed by atoms with E-state index in [1.165, 1.54) is 5.56 Å². The fourth-order valence-corrected chi connectivity index (χ4v) is 4.32. The van der Waals surface area contributed by atoms with Gasteiger partial charge in [-0.25, -0.2) is 0 Å². The van der Waals surface area contributed by atoms with Crippen LogP contribution in [0.2, 0.25) is 0 Å². The zero-order valence-corrected chi connectivity index (χ0v) is 22.3. The summed E-state index contributed by atoms with van der Waals surface area (Å²) in [5.41, 5.74) is 5.14. The van der Waals surface area contributed by atoms with E-state index in [9.17, 15) is 9.90 Å². The molecule has 1 aliphatic heterocycles. The third kappa shape index (κ3) is 5.97. The normalized spacial score (nSPS) is 12.2. The molecule has 4 aromatic rings. The van der Waals surface area contributed by atoms with Gasteiger partial charge in [0.25, 0.3) is 0 Å². The number of hydrogen-bond donors (Lipinski definition) is 2. The van der Waals surface area contributed by atoms with Crippen LogP contribution in [0.1, 0.15) is 44.4 Å². The van der Waals surface area contributed by atoms with E-state index in [2.05, 4.69) is 18.2 Å². The fraction of sp³-hybridized carbons (Fsp3) is 0.333. The Morgan fingerprint density at radius 2 is 1.83 bits per heavy atom. The number of aromatic nitrogens is 1. The Bertz CT molecular complexity index is 1360. The molecule has 0 saturated heterocycles. The van der Waals surface area contributed by atoms with Gasteiger partial charge in [-0.2, -0.15) is 0 Å². The van der Waals surface area contributed by atoms with Crippen molar-refractivity contribution in [1.29, 1.82) is 0 Å². The van der Waals surface area contributed by atoms with Gasteiger partial charge in [0.15, 0.2) is 0 Å². The van der Waals surface area contributed by atoms with Crippen molar-refractivity contribution in [2.45, 2.75) is 53.1 Å². The Kier molecular flexibility index (Phi) is 8.93. The van der Waals surface area contributed by atoms with E-state index in [0.717, 1.165) is 56.1 Å². The van der Waals surface area contributed by atoms with Gasteiger partial charge in [0.2, 0.25) is 0 Å². The first-order chi connectivity index (χ1) is 17.2. The number of aliphatic carboxylic acids is 1. The fourth-order valence-electron chi connectivity index (χ4n) is 4.32. The summed E-state index contributed by atoms with van der Waals surface area (Å²) in [6.45, 7) is 9.99. The molecule has 36 heavy (non-hydrogen) atoms. The Balaban J connectivity index is 0.000000399. The monoisotopic (exact) mass is 507 g/mol. The van der Waals surface area contributed by atoms with Gasteiger partial charge >= 0.3 is 5.97 Å². The minimum absolute atomic E-state index is 0.0224. The minimum atomic E-state index is -0.835. The van der Waals surface area contributed by atoms with Gasteiger partial charge < -0.3 is 14.9 Å². The number of aryl methyl sites for hydroxylation is 1. The topological polar surface area (TPSA) is 79.7 Å². The summed E-state index contributed by atoms with van der Waals surface area (Å²) in [6.07, 6.45) is 2.67. The molecule has 0 amide bonds. The smallest absolute Gasteiger partial charge is 0.307 e. The summed E-state index contributed by atoms with van der Waals surface area (Å²) in [6, 6.07) is 16.2. The molecule has 6 heteroatoms. The minimum Gasteiger partial charge on any atom is -0.493 e. The van der Waals surface area contributed by atoms with Crippen molar-refractivity contribution in [2.24, 2.45) is 0 Å². The lowest BCUT2D eigenvalue weighted by Gasteiger charge is -2.21. The van der Waals surface area contributed by atoms with Crippen molar-refractivity contribution in [3.8, 4) is 16.9 Å². The Hall–Kier alpha value is -3.15. The Morgan fingerprint density at radius 1 is 1.14 bits per heavy atom. The van der Waals surface area contributed by atoms with Gasteiger partial charge in [-0.3, -0.25) is 9.78 Å². The molecule has 0 aliphatic carbocycles. The molecular weight excluding hydrogens is 474 g/mol. The molecule has 5 nitrogen and oxygen atoms in total. The molecule has 1 aromatic heterocycles. The van der Waals surface area contributed by atoms with Gasteiger partial charge in [0.05, 0.1) is 30.0 Å². The van der Waals surface area contributed by atoms with Crippen molar-refractivity contribution in [3.05, 3.63) is 71.4 Å². The van der Waals surface area contributed by atoms with E-state index in [-0.39, 0.29) is 6.42 Å². The number of nitrogens with zero attached hydrogens (tertiary/aromatic N) is 1. The first-order valence-corrected chi connectivity index (χ1v) is 12.8. The van der Waals surface area contributed by atoms with E-state index in [1.54, 1.807) is 13.8 Å². The average molecular weight is 508 g/mol. The van der Waals surface area contributed by atoms with Crippen LogP contribution < -0.4 is 4.74 Å². The number of pyridine rings is 1. The van der Waals surface area contributed by atoms with Crippen LogP contribution in [0, 0.1) is 6.92 Å². The van der Waals surface area contributed by atoms with Gasteiger partial charge in [-0.1, -0.05) is 44.2 Å². The molecule has 0 spiro atoms. The number of carboxylic acids is 1. The molecule has 0 fully saturated rings. The standard InChI is InChI=1S/C24H19NO3.C4H9ClO.C2H6/c1-14-12-16-4-2-3-5-17(16)23(19(14)13-21(26)27)18-6-7-20-22-15(9-11-28-20)8-10-25-24(18)22;1-4(2,6)3-5;1-2/h2-8,10,12H,9,11,13H2,1H3,(H,26,27);6H,3H2,1-2H3;1-2H3. The molecule has 0 bridgehead atoms. The Morgan fingerprint density at radius 3 is 2.50 bits per heavy atom. The van der Waals surface area contributed by atoms with Crippen molar-refractivity contribution >= 4 is 39.2 Å². The van der Waals surface area contributed by atoms with Gasteiger partial charge in [0.1, 0.15) is 5.75 Å². The van der Waals surface area contributed by atoms with Gasteiger partial charge in [-0.15, -0.1) is 11.6 Å². The number of rotatable bonds is 4. The van der Waals surface area contributed by atoms with Crippen molar-refractivity contribution in [3.63, 3.8) is 0 Å². The molecular formula is C30H34ClNO4. The molecule has 0 radical (unpaired) electrons. The SMILES string of the molecule is CC.CC(C)(O)CCl.Cc1cc2ccccc2c(-c2ccc3c4c(ccnc24)CCO3)c1CC(=O)O. The predicted octanol–water partition coefficient (Wildman–Crippen LogP) is 6.95. The van der Waals surface area contributed by atoms with Crippen LogP contribution in [0.3, 0.4) is 0 Å². The van der Waals surface area contributed by atoms with Crippen LogP contribution in [0.25, 0.3) is 32.8 Å². The second kappa shape index (κ2) is 11.7. The summed E-state index contributed by atoms with van der Waals surface area (Å²) in [5.74, 6) is 0.316. The number of carboxylic acid groups (broad SMARTS) is 1. The second-order valence-electron chi connectivity index (χ2n) is 9.19. The summed E-state index contributed by atoms with van der Waals surface area (Å²) in [4.78, 5) is 16.3. The second-order valence-corrected chi connectivity index (χ2v) is 9.46. The number of halogens is 1. The lowest BCUT2D eigenvalue weighted by Crippen LogP contribution is -2.19. The van der Waals surface area contributed by atoms with Crippen molar-refractivity contribution < 1.29 is 19.7 Å². The highest BCUT2D eigenvalue weighted by Gasteiger charge is 2.21. The highest BCUT2D eigenvalue weighted by atomic mass is 35.5. The van der Waals surface area contributed by atoms with E-state index in [4.69, 9.17) is 26.4 Å². The molecule has 190 valence electrons. The molecule has 3 aromatic carbocycles. The van der Waals surface area contributed by atoms with Crippen LogP contribution in [0.5, 0.6) is 5.75 Å². The lowest BCUT2D eigenvalue weighted by atomic mass is 9.87. The third-order valence-electron chi connectivity index (χ3n) is 5.87. The molecule has 1 aliphatic rings. The van der Waals surface area contributed by atoms with Crippen LogP contribution in [0.4, 0.5) is 0 Å². The zero-order chi connectivity index (χ0) is 26.5. The molecule has 0 unspecified atom stereocenters. The number of fused-ring (bicyclic) bond motifs is 1. The van der Waals surface area contributed by atoms with Crippen molar-refractivity contribution in [1.82, 2.24) is 4.98 Å². The quantitative estimate of drug-likeness (QED) is 0.292. The maximum Gasteiger partial charge on any atom is 0.307 e. The number of aliphatic hydroxyl groups is 1. The van der Waals surface area contributed by atoms with Crippen LogP contribution in [-0.4, -0.2) is 39.3 Å². The molecule has 5 rings (SSSR count). The van der Waals surface area contributed by atoms with Crippen LogP contribution in [-0.2, 0) is 17.6 Å². The van der Waals surface area contributed by atoms with Crippen LogP contribution in [0.15, 0.2) is 54.7 Å². The van der Waals surface area contributed by atoms with Gasteiger partial charge in [0, 0.05) is 23.6 Å². The highest BCUT2D eigenvalue weighted by Crippen LogP contribution is 2.42. The molecule has 2 N–H and O–H groups in total. The van der Waals surface area contributed by atoms with E-state index < -0.39 is 11.6 Å². The van der Waals surface area contributed by atoms with E-state index >= 15 is 0 Å². The summed E-state index contributed by atoms with van der Waals surface area (Å²) in [7, 11) is 0. The maximum atomic E-state index is 11.6. The third-order valence-corrected chi connectivity index (χ3v) is 6.53. The molecule has 2 heterocycles. The maximum absolute atomic E-state index is 11.6. The van der Waals surface area contributed by atoms with Gasteiger partial charge in [-0.05, 0) is 72.0 Å². The first kappa shape index (κ1) is 27.4. The van der Waals surface area contributed by atoms with E-state index in [0.29, 0.717) is 12.5 Å². The molecule has 0 atom stereocenters. The lowest BCUT2D eigenvalue weighted by molar-refractivity contribution is -0.136. The predicted molar refractivity (Wildman–Crippen MR) is 148 cm³/mol. The number of alkyl halides is 1. The highest BCUT2D eigenvalue weighted by molar-refractivity contribution is 6.18. The Labute approximate surface area is 217 Å². The first-order valence-electron chi connectivity index (χ1n) is 12.2. The summed E-state index contributed by atoms with van der Waals surface area (Å²) >= 11 is 5.23. The summed E-state index contributed by atoms with van der Waals surface area (Å²) in [5, 5.41) is 21.4. The number of benzene rings is 3. The number of hydrogen-bond acceptors (Lipinski definition) is 4. The van der Waals surface area contributed by atoms with Crippen LogP contribution >= 0.6 is 11.6 Å². The van der Waals surface area contributed by atoms with E-state index in [1.807, 2.05) is 57.3 Å². The zero-order valence-electron chi connectivity index (χ0n) is 21.6. The van der Waals surface area contributed by atoms with Crippen molar-refractivity contribution in [2.75, 3.05) is 12.5 Å². The largest absolute Gasteiger partial charge is 0.493 e. The molecule has 0 saturated carbocycles.